The molecule has 1 saturated heterocycles. The van der Waals surface area contributed by atoms with Crippen LogP contribution in [0.3, 0.4) is 0 Å². The van der Waals surface area contributed by atoms with Crippen molar-refractivity contribution in [2.75, 3.05) is 46.5 Å². The number of carbonyl (C=O) groups is 2. The van der Waals surface area contributed by atoms with Crippen LogP contribution in [-0.4, -0.2) is 68.2 Å². The highest BCUT2D eigenvalue weighted by Gasteiger charge is 2.42. The minimum Gasteiger partial charge on any atom is -0.465 e. The smallest absolute Gasteiger partial charge is 0.337 e. The summed E-state index contributed by atoms with van der Waals surface area (Å²) in [5.41, 5.74) is 2.61. The lowest BCUT2D eigenvalue weighted by molar-refractivity contribution is 0.0314. The molecule has 0 spiro atoms. The molecule has 1 amide bonds. The van der Waals surface area contributed by atoms with Crippen LogP contribution < -0.4 is 5.43 Å². The molecular weight excluding hydrogens is 436 g/mol. The number of rotatable bonds is 5. The average molecular weight is 463 g/mol. The van der Waals surface area contributed by atoms with Gasteiger partial charge in [0.1, 0.15) is 5.58 Å². The first-order valence-corrected chi connectivity index (χ1v) is 11.3. The summed E-state index contributed by atoms with van der Waals surface area (Å²) < 4.78 is 16.2. The molecule has 5 rings (SSSR count). The van der Waals surface area contributed by atoms with Crippen molar-refractivity contribution in [3.63, 3.8) is 0 Å². The second kappa shape index (κ2) is 9.04. The van der Waals surface area contributed by atoms with E-state index in [0.29, 0.717) is 48.4 Å². The largest absolute Gasteiger partial charge is 0.465 e. The van der Waals surface area contributed by atoms with Crippen molar-refractivity contribution in [3.05, 3.63) is 80.7 Å². The van der Waals surface area contributed by atoms with E-state index in [-0.39, 0.29) is 17.1 Å². The van der Waals surface area contributed by atoms with Crippen LogP contribution in [-0.2, 0) is 9.47 Å². The summed E-state index contributed by atoms with van der Waals surface area (Å²) in [5.74, 6) is -0.658. The molecule has 0 saturated carbocycles. The number of amides is 1. The maximum Gasteiger partial charge on any atom is 0.337 e. The van der Waals surface area contributed by atoms with Gasteiger partial charge in [0, 0.05) is 26.2 Å². The summed E-state index contributed by atoms with van der Waals surface area (Å²) in [4.78, 5) is 43.0. The number of benzene rings is 2. The van der Waals surface area contributed by atoms with Crippen LogP contribution in [0.5, 0.6) is 0 Å². The number of fused-ring (bicyclic) bond motifs is 2. The fraction of sp³-hybridized carbons (Fsp3) is 0.346. The number of hydrogen-bond donors (Lipinski definition) is 0. The standard InChI is InChI=1S/C26H26N2O6/c1-16-3-8-20-19(15-16)23(29)21-22(17-4-6-18(7-5-17)26(31)32-2)28(25(30)24(21)34-20)10-9-27-11-13-33-14-12-27/h3-8,15,22H,9-14H2,1-2H3/t22-/m1/s1. The van der Waals surface area contributed by atoms with Gasteiger partial charge in [-0.3, -0.25) is 14.5 Å². The third-order valence-electron chi connectivity index (χ3n) is 6.53. The predicted octanol–water partition coefficient (Wildman–Crippen LogP) is 2.77. The Morgan fingerprint density at radius 2 is 1.79 bits per heavy atom. The van der Waals surface area contributed by atoms with Gasteiger partial charge < -0.3 is 18.8 Å². The maximum absolute atomic E-state index is 13.6. The zero-order chi connectivity index (χ0) is 23.8. The quantitative estimate of drug-likeness (QED) is 0.539. The lowest BCUT2D eigenvalue weighted by atomic mass is 9.97. The van der Waals surface area contributed by atoms with Crippen molar-refractivity contribution in [2.45, 2.75) is 13.0 Å². The molecule has 1 atom stereocenters. The molecule has 0 radical (unpaired) electrons. The molecule has 2 aliphatic rings. The highest BCUT2D eigenvalue weighted by Crippen LogP contribution is 2.38. The molecule has 3 aromatic rings. The summed E-state index contributed by atoms with van der Waals surface area (Å²) in [6, 6.07) is 11.6. The van der Waals surface area contributed by atoms with Crippen LogP contribution in [0, 0.1) is 6.92 Å². The van der Waals surface area contributed by atoms with Crippen LogP contribution >= 0.6 is 0 Å². The monoisotopic (exact) mass is 462 g/mol. The summed E-state index contributed by atoms with van der Waals surface area (Å²) in [6.45, 7) is 5.93. The fourth-order valence-electron chi connectivity index (χ4n) is 4.70. The number of nitrogens with zero attached hydrogens (tertiary/aromatic N) is 2. The Balaban J connectivity index is 1.59. The number of carbonyl (C=O) groups excluding carboxylic acids is 2. The van der Waals surface area contributed by atoms with Crippen LogP contribution in [0.25, 0.3) is 11.0 Å². The van der Waals surface area contributed by atoms with Gasteiger partial charge in [-0.1, -0.05) is 23.8 Å². The van der Waals surface area contributed by atoms with Crippen molar-refractivity contribution in [3.8, 4) is 0 Å². The molecule has 2 aliphatic heterocycles. The van der Waals surface area contributed by atoms with E-state index in [2.05, 4.69) is 4.90 Å². The van der Waals surface area contributed by atoms with Gasteiger partial charge in [-0.15, -0.1) is 0 Å². The highest BCUT2D eigenvalue weighted by molar-refractivity contribution is 5.99. The van der Waals surface area contributed by atoms with Crippen molar-refractivity contribution >= 4 is 22.8 Å². The first-order chi connectivity index (χ1) is 16.5. The number of hydrogen-bond acceptors (Lipinski definition) is 7. The molecule has 0 unspecified atom stereocenters. The number of esters is 1. The molecule has 8 heteroatoms. The van der Waals surface area contributed by atoms with E-state index >= 15 is 0 Å². The molecule has 0 aliphatic carbocycles. The van der Waals surface area contributed by atoms with E-state index < -0.39 is 12.0 Å². The molecule has 0 N–H and O–H groups in total. The second-order valence-electron chi connectivity index (χ2n) is 8.64. The van der Waals surface area contributed by atoms with Gasteiger partial charge in [-0.25, -0.2) is 4.79 Å². The molecule has 1 aromatic heterocycles. The van der Waals surface area contributed by atoms with E-state index in [1.54, 1.807) is 41.3 Å². The Morgan fingerprint density at radius 1 is 1.06 bits per heavy atom. The lowest BCUT2D eigenvalue weighted by Crippen LogP contribution is -2.42. The van der Waals surface area contributed by atoms with E-state index in [0.717, 1.165) is 24.2 Å². The lowest BCUT2D eigenvalue weighted by Gasteiger charge is -2.31. The van der Waals surface area contributed by atoms with Gasteiger partial charge in [-0.2, -0.15) is 0 Å². The molecule has 0 bridgehead atoms. The third kappa shape index (κ3) is 3.89. The summed E-state index contributed by atoms with van der Waals surface area (Å²) in [5, 5.41) is 0.456. The van der Waals surface area contributed by atoms with Crippen molar-refractivity contribution < 1.29 is 23.5 Å². The normalized spacial score (nSPS) is 18.4. The number of methoxy groups -OCH3 is 1. The minimum absolute atomic E-state index is 0.0883. The van der Waals surface area contributed by atoms with Gasteiger partial charge >= 0.3 is 5.97 Å². The number of ether oxygens (including phenoxy) is 2. The average Bonchev–Trinajstić information content (AvgIpc) is 3.15. The number of aryl methyl sites for hydroxylation is 1. The topological polar surface area (TPSA) is 89.3 Å². The van der Waals surface area contributed by atoms with Gasteiger partial charge in [0.15, 0.2) is 5.43 Å². The van der Waals surface area contributed by atoms with E-state index in [1.807, 2.05) is 13.0 Å². The molecular formula is C26H26N2O6. The Bertz CT molecular complexity index is 1310. The van der Waals surface area contributed by atoms with Crippen molar-refractivity contribution in [1.82, 2.24) is 9.80 Å². The van der Waals surface area contributed by atoms with Gasteiger partial charge in [0.2, 0.25) is 5.76 Å². The zero-order valence-corrected chi connectivity index (χ0v) is 19.2. The van der Waals surface area contributed by atoms with E-state index in [4.69, 9.17) is 13.9 Å². The van der Waals surface area contributed by atoms with Crippen molar-refractivity contribution in [1.29, 1.82) is 0 Å². The van der Waals surface area contributed by atoms with Crippen LogP contribution in [0.4, 0.5) is 0 Å². The summed E-state index contributed by atoms with van der Waals surface area (Å²) in [7, 11) is 1.33. The molecule has 34 heavy (non-hydrogen) atoms. The Morgan fingerprint density at radius 3 is 2.50 bits per heavy atom. The van der Waals surface area contributed by atoms with Gasteiger partial charge in [0.05, 0.1) is 42.9 Å². The third-order valence-corrected chi connectivity index (χ3v) is 6.53. The maximum atomic E-state index is 13.6. The molecule has 176 valence electrons. The SMILES string of the molecule is COC(=O)c1ccc([C@@H]2c3c(oc4ccc(C)cc4c3=O)C(=O)N2CCN2CCOCC2)cc1. The molecule has 1 fully saturated rings. The number of morpholine rings is 1. The van der Waals surface area contributed by atoms with Gasteiger partial charge in [-0.05, 0) is 36.8 Å². The summed E-state index contributed by atoms with van der Waals surface area (Å²) >= 11 is 0. The molecule has 2 aromatic carbocycles. The van der Waals surface area contributed by atoms with Crippen molar-refractivity contribution in [2.24, 2.45) is 0 Å². The van der Waals surface area contributed by atoms with Crippen LogP contribution in [0.2, 0.25) is 0 Å². The Hall–Kier alpha value is -3.49. The highest BCUT2D eigenvalue weighted by atomic mass is 16.5. The molecule has 8 nitrogen and oxygen atoms in total. The van der Waals surface area contributed by atoms with Crippen LogP contribution in [0.15, 0.2) is 51.7 Å². The Labute approximate surface area is 196 Å². The predicted molar refractivity (Wildman–Crippen MR) is 125 cm³/mol. The first kappa shape index (κ1) is 22.3. The fourth-order valence-corrected chi connectivity index (χ4v) is 4.70. The Kier molecular flexibility index (Phi) is 5.93. The second-order valence-corrected chi connectivity index (χ2v) is 8.64. The molecule has 3 heterocycles. The minimum atomic E-state index is -0.601. The van der Waals surface area contributed by atoms with Crippen LogP contribution in [0.1, 0.15) is 43.6 Å². The zero-order valence-electron chi connectivity index (χ0n) is 19.2. The van der Waals surface area contributed by atoms with E-state index in [1.165, 1.54) is 7.11 Å². The summed E-state index contributed by atoms with van der Waals surface area (Å²) in [6.07, 6.45) is 0. The first-order valence-electron chi connectivity index (χ1n) is 11.3. The van der Waals surface area contributed by atoms with E-state index in [9.17, 15) is 14.4 Å². The van der Waals surface area contributed by atoms with Gasteiger partial charge in [0.25, 0.3) is 5.91 Å².